The maximum Gasteiger partial charge on any atom is 0.272 e. The highest BCUT2D eigenvalue weighted by Crippen LogP contribution is 1.95. The fourth-order valence-corrected chi connectivity index (χ4v) is 1.56. The minimum atomic E-state index is -0.326. The number of hydrogen-bond donors (Lipinski definition) is 1. The summed E-state index contributed by atoms with van der Waals surface area (Å²) in [7, 11) is 0. The third kappa shape index (κ3) is 3.25. The molecule has 1 N–H and O–H groups in total. The van der Waals surface area contributed by atoms with Crippen LogP contribution >= 0.6 is 0 Å². The van der Waals surface area contributed by atoms with Crippen molar-refractivity contribution < 1.29 is 4.79 Å². The zero-order chi connectivity index (χ0) is 13.7. The molecule has 0 spiro atoms. The molecule has 0 saturated heterocycles. The van der Waals surface area contributed by atoms with Crippen molar-refractivity contribution in [3.05, 3.63) is 58.3 Å². The quantitative estimate of drug-likeness (QED) is 0.870. The van der Waals surface area contributed by atoms with Gasteiger partial charge >= 0.3 is 0 Å². The van der Waals surface area contributed by atoms with E-state index in [2.05, 4.69) is 15.4 Å². The summed E-state index contributed by atoms with van der Waals surface area (Å²) in [6.07, 6.45) is 1.66. The van der Waals surface area contributed by atoms with Crippen LogP contribution in [0.15, 0.2) is 41.3 Å². The first-order valence-electron chi connectivity index (χ1n) is 5.97. The molecule has 6 heteroatoms. The van der Waals surface area contributed by atoms with Crippen LogP contribution in [0.4, 0.5) is 0 Å². The summed E-state index contributed by atoms with van der Waals surface area (Å²) in [5, 5.41) is 6.68. The second kappa shape index (κ2) is 5.90. The predicted molar refractivity (Wildman–Crippen MR) is 69.6 cm³/mol. The fourth-order valence-electron chi connectivity index (χ4n) is 1.56. The van der Waals surface area contributed by atoms with Gasteiger partial charge in [0.05, 0.1) is 12.2 Å². The number of carbonyl (C=O) groups is 1. The van der Waals surface area contributed by atoms with E-state index in [1.54, 1.807) is 13.1 Å². The van der Waals surface area contributed by atoms with Gasteiger partial charge in [0, 0.05) is 18.8 Å². The molecule has 0 aliphatic rings. The SMILES string of the molecule is CCn1nc(C(=O)NCc2ccccn2)ccc1=O. The highest BCUT2D eigenvalue weighted by atomic mass is 16.2. The first-order valence-corrected chi connectivity index (χ1v) is 5.97. The Morgan fingerprint density at radius 1 is 1.32 bits per heavy atom. The maximum atomic E-state index is 11.9. The van der Waals surface area contributed by atoms with Gasteiger partial charge in [0.2, 0.25) is 0 Å². The van der Waals surface area contributed by atoms with E-state index in [9.17, 15) is 9.59 Å². The van der Waals surface area contributed by atoms with Crippen LogP contribution in [-0.4, -0.2) is 20.7 Å². The Labute approximate surface area is 110 Å². The van der Waals surface area contributed by atoms with E-state index in [1.807, 2.05) is 18.2 Å². The van der Waals surface area contributed by atoms with Crippen LogP contribution < -0.4 is 10.9 Å². The molecule has 0 saturated carbocycles. The molecule has 2 heterocycles. The fraction of sp³-hybridized carbons (Fsp3) is 0.231. The van der Waals surface area contributed by atoms with Gasteiger partial charge in [0.15, 0.2) is 0 Å². The topological polar surface area (TPSA) is 76.9 Å². The number of nitrogens with one attached hydrogen (secondary N) is 1. The Morgan fingerprint density at radius 2 is 2.16 bits per heavy atom. The molecule has 0 atom stereocenters. The molecule has 2 aromatic rings. The molecule has 0 aromatic carbocycles. The standard InChI is InChI=1S/C13H14N4O2/c1-2-17-12(18)7-6-11(16-17)13(19)15-9-10-5-3-4-8-14-10/h3-8H,2,9H2,1H3,(H,15,19). The molecule has 6 nitrogen and oxygen atoms in total. The van der Waals surface area contributed by atoms with Gasteiger partial charge in [-0.25, -0.2) is 4.68 Å². The number of hydrogen-bond acceptors (Lipinski definition) is 4. The predicted octanol–water partition coefficient (Wildman–Crippen LogP) is 0.588. The Kier molecular flexibility index (Phi) is 4.02. The third-order valence-electron chi connectivity index (χ3n) is 2.56. The van der Waals surface area contributed by atoms with Gasteiger partial charge in [0.1, 0.15) is 5.69 Å². The van der Waals surface area contributed by atoms with Gasteiger partial charge in [0.25, 0.3) is 11.5 Å². The van der Waals surface area contributed by atoms with Gasteiger partial charge in [-0.15, -0.1) is 0 Å². The number of nitrogens with zero attached hydrogens (tertiary/aromatic N) is 3. The second-order valence-electron chi connectivity index (χ2n) is 3.88. The first-order chi connectivity index (χ1) is 9.20. The van der Waals surface area contributed by atoms with E-state index in [1.165, 1.54) is 16.8 Å². The molecule has 0 aliphatic heterocycles. The molecular weight excluding hydrogens is 244 g/mol. The second-order valence-corrected chi connectivity index (χ2v) is 3.88. The number of aryl methyl sites for hydroxylation is 1. The monoisotopic (exact) mass is 258 g/mol. The average Bonchev–Trinajstić information content (AvgIpc) is 2.46. The van der Waals surface area contributed by atoms with Crippen molar-refractivity contribution in [3.63, 3.8) is 0 Å². The lowest BCUT2D eigenvalue weighted by Crippen LogP contribution is -2.29. The smallest absolute Gasteiger partial charge is 0.272 e. The molecular formula is C13H14N4O2. The zero-order valence-corrected chi connectivity index (χ0v) is 10.5. The summed E-state index contributed by atoms with van der Waals surface area (Å²) < 4.78 is 1.25. The van der Waals surface area contributed by atoms with Crippen molar-refractivity contribution in [2.75, 3.05) is 0 Å². The number of carbonyl (C=O) groups excluding carboxylic acids is 1. The summed E-state index contributed by atoms with van der Waals surface area (Å²) in [6, 6.07) is 8.24. The van der Waals surface area contributed by atoms with Crippen molar-refractivity contribution in [3.8, 4) is 0 Å². The summed E-state index contributed by atoms with van der Waals surface area (Å²) in [4.78, 5) is 27.3. The summed E-state index contributed by atoms with van der Waals surface area (Å²) in [6.45, 7) is 2.55. The maximum absolute atomic E-state index is 11.9. The largest absolute Gasteiger partial charge is 0.345 e. The van der Waals surface area contributed by atoms with Crippen molar-refractivity contribution in [1.29, 1.82) is 0 Å². The summed E-state index contributed by atoms with van der Waals surface area (Å²) >= 11 is 0. The van der Waals surface area contributed by atoms with E-state index < -0.39 is 0 Å². The van der Waals surface area contributed by atoms with E-state index in [-0.39, 0.29) is 17.2 Å². The van der Waals surface area contributed by atoms with Crippen LogP contribution in [0, 0.1) is 0 Å². The Balaban J connectivity index is 2.06. The van der Waals surface area contributed by atoms with Crippen LogP contribution in [0.3, 0.4) is 0 Å². The average molecular weight is 258 g/mol. The van der Waals surface area contributed by atoms with Crippen molar-refractivity contribution in [1.82, 2.24) is 20.1 Å². The lowest BCUT2D eigenvalue weighted by Gasteiger charge is -2.06. The minimum Gasteiger partial charge on any atom is -0.345 e. The number of aromatic nitrogens is 3. The molecule has 98 valence electrons. The molecule has 2 rings (SSSR count). The lowest BCUT2D eigenvalue weighted by atomic mass is 10.3. The normalized spacial score (nSPS) is 10.2. The van der Waals surface area contributed by atoms with Gasteiger partial charge in [-0.05, 0) is 25.1 Å². The molecule has 0 radical (unpaired) electrons. The molecule has 1 amide bonds. The van der Waals surface area contributed by atoms with Crippen LogP contribution in [0.1, 0.15) is 23.1 Å². The van der Waals surface area contributed by atoms with E-state index >= 15 is 0 Å². The van der Waals surface area contributed by atoms with Gasteiger partial charge in [-0.3, -0.25) is 14.6 Å². The van der Waals surface area contributed by atoms with Crippen molar-refractivity contribution in [2.45, 2.75) is 20.0 Å². The highest BCUT2D eigenvalue weighted by molar-refractivity contribution is 5.91. The molecule has 19 heavy (non-hydrogen) atoms. The Bertz CT molecular complexity index is 622. The highest BCUT2D eigenvalue weighted by Gasteiger charge is 2.08. The zero-order valence-electron chi connectivity index (χ0n) is 10.5. The summed E-state index contributed by atoms with van der Waals surface area (Å²) in [5.74, 6) is -0.326. The van der Waals surface area contributed by atoms with Crippen LogP contribution in [0.2, 0.25) is 0 Å². The Morgan fingerprint density at radius 3 is 2.84 bits per heavy atom. The first kappa shape index (κ1) is 12.9. The minimum absolute atomic E-state index is 0.219. The van der Waals surface area contributed by atoms with E-state index in [0.717, 1.165) is 5.69 Å². The lowest BCUT2D eigenvalue weighted by molar-refractivity contribution is 0.0943. The number of rotatable bonds is 4. The van der Waals surface area contributed by atoms with E-state index in [4.69, 9.17) is 0 Å². The van der Waals surface area contributed by atoms with Crippen molar-refractivity contribution >= 4 is 5.91 Å². The van der Waals surface area contributed by atoms with Gasteiger partial charge < -0.3 is 5.32 Å². The van der Waals surface area contributed by atoms with Crippen LogP contribution in [-0.2, 0) is 13.1 Å². The number of pyridine rings is 1. The molecule has 0 bridgehead atoms. The third-order valence-corrected chi connectivity index (χ3v) is 2.56. The van der Waals surface area contributed by atoms with Crippen molar-refractivity contribution in [2.24, 2.45) is 0 Å². The molecule has 2 aromatic heterocycles. The van der Waals surface area contributed by atoms with Gasteiger partial charge in [-0.1, -0.05) is 6.07 Å². The van der Waals surface area contributed by atoms with Crippen LogP contribution in [0.5, 0.6) is 0 Å². The molecule has 0 aliphatic carbocycles. The molecule has 0 unspecified atom stereocenters. The van der Waals surface area contributed by atoms with Gasteiger partial charge in [-0.2, -0.15) is 5.10 Å². The summed E-state index contributed by atoms with van der Waals surface area (Å²) in [5.41, 5.74) is 0.765. The van der Waals surface area contributed by atoms with Crippen LogP contribution in [0.25, 0.3) is 0 Å². The number of amides is 1. The molecule has 0 fully saturated rings. The van der Waals surface area contributed by atoms with E-state index in [0.29, 0.717) is 13.1 Å². The Hall–Kier alpha value is -2.50.